The van der Waals surface area contributed by atoms with Gasteiger partial charge in [0.25, 0.3) is 5.91 Å². The average molecular weight is 437 g/mol. The highest BCUT2D eigenvalue weighted by atomic mass is 16.6. The lowest BCUT2D eigenvalue weighted by Crippen LogP contribution is -2.51. The first-order chi connectivity index (χ1) is 14.8. The monoisotopic (exact) mass is 437 g/mol. The summed E-state index contributed by atoms with van der Waals surface area (Å²) in [6, 6.07) is 2.21. The van der Waals surface area contributed by atoms with E-state index in [4.69, 9.17) is 18.9 Å². The molecule has 10 heteroatoms. The van der Waals surface area contributed by atoms with Gasteiger partial charge >= 0.3 is 6.09 Å². The highest BCUT2D eigenvalue weighted by molar-refractivity contribution is 5.98. The van der Waals surface area contributed by atoms with Crippen molar-refractivity contribution in [1.82, 2.24) is 15.5 Å². The molecule has 0 aromatic heterocycles. The fourth-order valence-corrected chi connectivity index (χ4v) is 3.31. The summed E-state index contributed by atoms with van der Waals surface area (Å²) in [6.07, 6.45) is 0.911. The highest BCUT2D eigenvalue weighted by Gasteiger charge is 2.27. The van der Waals surface area contributed by atoms with Gasteiger partial charge < -0.3 is 34.5 Å². The van der Waals surface area contributed by atoms with Crippen LogP contribution in [0, 0.1) is 0 Å². The van der Waals surface area contributed by atoms with E-state index in [0.717, 1.165) is 0 Å². The standard InChI is InChI=1S/C21H31N3O7/c1-6-31-21(27)24-9-7-15(8-10-24)23-19(25)13(2)22-20(26)14-11-16(28-3)18(30-5)17(12-14)29-4/h11-13,15H,6-10H2,1-5H3,(H,22,26)(H,23,25). The minimum absolute atomic E-state index is 0.0706. The van der Waals surface area contributed by atoms with Gasteiger partial charge in [-0.05, 0) is 38.8 Å². The Labute approximate surface area is 182 Å². The summed E-state index contributed by atoms with van der Waals surface area (Å²) in [7, 11) is 4.40. The zero-order valence-corrected chi connectivity index (χ0v) is 18.6. The van der Waals surface area contributed by atoms with Gasteiger partial charge in [0.15, 0.2) is 11.5 Å². The molecule has 0 bridgehead atoms. The molecule has 1 fully saturated rings. The average Bonchev–Trinajstić information content (AvgIpc) is 2.78. The van der Waals surface area contributed by atoms with Gasteiger partial charge in [0.2, 0.25) is 11.7 Å². The van der Waals surface area contributed by atoms with Gasteiger partial charge in [0.05, 0.1) is 27.9 Å². The van der Waals surface area contributed by atoms with Gasteiger partial charge in [-0.25, -0.2) is 4.79 Å². The molecule has 2 N–H and O–H groups in total. The van der Waals surface area contributed by atoms with Crippen molar-refractivity contribution in [2.45, 2.75) is 38.8 Å². The summed E-state index contributed by atoms with van der Waals surface area (Å²) in [5.41, 5.74) is 0.275. The predicted octanol–water partition coefficient (Wildman–Crippen LogP) is 1.57. The summed E-state index contributed by atoms with van der Waals surface area (Å²) >= 11 is 0. The molecule has 0 saturated carbocycles. The van der Waals surface area contributed by atoms with E-state index in [1.54, 1.807) is 18.7 Å². The second-order valence-corrected chi connectivity index (χ2v) is 7.08. The maximum Gasteiger partial charge on any atom is 0.409 e. The Balaban J connectivity index is 1.93. The molecule has 0 aliphatic carbocycles. The van der Waals surface area contributed by atoms with E-state index in [-0.39, 0.29) is 23.6 Å². The molecule has 1 aliphatic rings. The second-order valence-electron chi connectivity index (χ2n) is 7.08. The van der Waals surface area contributed by atoms with Gasteiger partial charge in [-0.3, -0.25) is 9.59 Å². The summed E-state index contributed by atoms with van der Waals surface area (Å²) in [5, 5.41) is 5.61. The lowest BCUT2D eigenvalue weighted by Gasteiger charge is -2.32. The fraction of sp³-hybridized carbons (Fsp3) is 0.571. The Bertz CT molecular complexity index is 766. The number of carbonyl (C=O) groups is 3. The molecule has 3 amide bonds. The highest BCUT2D eigenvalue weighted by Crippen LogP contribution is 2.38. The number of piperidine rings is 1. The van der Waals surface area contributed by atoms with E-state index in [1.165, 1.54) is 33.5 Å². The number of amides is 3. The van der Waals surface area contributed by atoms with E-state index < -0.39 is 11.9 Å². The van der Waals surface area contributed by atoms with Crippen molar-refractivity contribution in [3.8, 4) is 17.2 Å². The van der Waals surface area contributed by atoms with Crippen LogP contribution in [0.25, 0.3) is 0 Å². The topological polar surface area (TPSA) is 115 Å². The van der Waals surface area contributed by atoms with Crippen molar-refractivity contribution in [2.24, 2.45) is 0 Å². The van der Waals surface area contributed by atoms with Crippen LogP contribution in [-0.4, -0.2) is 75.9 Å². The molecule has 10 nitrogen and oxygen atoms in total. The van der Waals surface area contributed by atoms with Crippen LogP contribution < -0.4 is 24.8 Å². The number of nitrogens with one attached hydrogen (secondary N) is 2. The Hall–Kier alpha value is -3.17. The number of nitrogens with zero attached hydrogens (tertiary/aromatic N) is 1. The van der Waals surface area contributed by atoms with Crippen molar-refractivity contribution in [1.29, 1.82) is 0 Å². The molecule has 1 aromatic rings. The minimum atomic E-state index is -0.755. The van der Waals surface area contributed by atoms with E-state index >= 15 is 0 Å². The van der Waals surface area contributed by atoms with Crippen LogP contribution >= 0.6 is 0 Å². The second kappa shape index (κ2) is 11.3. The van der Waals surface area contributed by atoms with Crippen LogP contribution in [0.5, 0.6) is 17.2 Å². The number of hydrogen-bond donors (Lipinski definition) is 2. The van der Waals surface area contributed by atoms with Crippen LogP contribution in [0.15, 0.2) is 12.1 Å². The van der Waals surface area contributed by atoms with Gasteiger partial charge in [-0.1, -0.05) is 0 Å². The lowest BCUT2D eigenvalue weighted by atomic mass is 10.0. The summed E-state index contributed by atoms with van der Waals surface area (Å²) < 4.78 is 20.8. The van der Waals surface area contributed by atoms with Crippen LogP contribution in [0.1, 0.15) is 37.0 Å². The first kappa shape index (κ1) is 24.1. The van der Waals surface area contributed by atoms with E-state index in [2.05, 4.69) is 10.6 Å². The van der Waals surface area contributed by atoms with Crippen molar-refractivity contribution >= 4 is 17.9 Å². The van der Waals surface area contributed by atoms with Crippen molar-refractivity contribution in [3.05, 3.63) is 17.7 Å². The molecule has 0 radical (unpaired) electrons. The van der Waals surface area contributed by atoms with Gasteiger partial charge in [0, 0.05) is 24.7 Å². The van der Waals surface area contributed by atoms with Crippen LogP contribution in [0.4, 0.5) is 4.79 Å². The fourth-order valence-electron chi connectivity index (χ4n) is 3.31. The SMILES string of the molecule is CCOC(=O)N1CCC(NC(=O)C(C)NC(=O)c2cc(OC)c(OC)c(OC)c2)CC1. The van der Waals surface area contributed by atoms with Crippen LogP contribution in [0.3, 0.4) is 0 Å². The Morgan fingerprint density at radius 2 is 1.65 bits per heavy atom. The first-order valence-corrected chi connectivity index (χ1v) is 10.2. The lowest BCUT2D eigenvalue weighted by molar-refractivity contribution is -0.123. The molecule has 1 atom stereocenters. The summed E-state index contributed by atoms with van der Waals surface area (Å²) in [4.78, 5) is 38.6. The normalized spacial score (nSPS) is 14.9. The number of hydrogen-bond acceptors (Lipinski definition) is 7. The largest absolute Gasteiger partial charge is 0.493 e. The number of methoxy groups -OCH3 is 3. The molecular weight excluding hydrogens is 406 g/mol. The van der Waals surface area contributed by atoms with Gasteiger partial charge in [-0.2, -0.15) is 0 Å². The first-order valence-electron chi connectivity index (χ1n) is 10.2. The van der Waals surface area contributed by atoms with Gasteiger partial charge in [0.1, 0.15) is 6.04 Å². The molecule has 0 spiro atoms. The number of benzene rings is 1. The van der Waals surface area contributed by atoms with Crippen molar-refractivity contribution in [3.63, 3.8) is 0 Å². The van der Waals surface area contributed by atoms with E-state index in [9.17, 15) is 14.4 Å². The Morgan fingerprint density at radius 3 is 2.13 bits per heavy atom. The minimum Gasteiger partial charge on any atom is -0.493 e. The van der Waals surface area contributed by atoms with Gasteiger partial charge in [-0.15, -0.1) is 0 Å². The summed E-state index contributed by atoms with van der Waals surface area (Å²) in [5.74, 6) is 0.325. The van der Waals surface area contributed by atoms with E-state index in [0.29, 0.717) is 49.8 Å². The summed E-state index contributed by atoms with van der Waals surface area (Å²) in [6.45, 7) is 4.72. The Morgan fingerprint density at radius 1 is 1.06 bits per heavy atom. The molecule has 1 unspecified atom stereocenters. The third kappa shape index (κ3) is 6.16. The third-order valence-corrected chi connectivity index (χ3v) is 5.04. The Kier molecular flexibility index (Phi) is 8.77. The molecule has 1 saturated heterocycles. The molecule has 172 valence electrons. The quantitative estimate of drug-likeness (QED) is 0.634. The third-order valence-electron chi connectivity index (χ3n) is 5.04. The number of rotatable bonds is 8. The number of likely N-dealkylation sites (tertiary alicyclic amines) is 1. The van der Waals surface area contributed by atoms with Crippen LogP contribution in [-0.2, 0) is 9.53 Å². The number of carbonyl (C=O) groups excluding carboxylic acids is 3. The predicted molar refractivity (Wildman–Crippen MR) is 113 cm³/mol. The smallest absolute Gasteiger partial charge is 0.409 e. The molecule has 1 aliphatic heterocycles. The van der Waals surface area contributed by atoms with Crippen molar-refractivity contribution in [2.75, 3.05) is 41.0 Å². The molecule has 1 heterocycles. The van der Waals surface area contributed by atoms with Crippen molar-refractivity contribution < 1.29 is 33.3 Å². The maximum absolute atomic E-state index is 12.7. The zero-order valence-electron chi connectivity index (χ0n) is 18.6. The molecular formula is C21H31N3O7. The number of ether oxygens (including phenoxy) is 4. The molecule has 1 aromatic carbocycles. The maximum atomic E-state index is 12.7. The molecule has 31 heavy (non-hydrogen) atoms. The molecule has 2 rings (SSSR count). The van der Waals surface area contributed by atoms with Crippen LogP contribution in [0.2, 0.25) is 0 Å². The zero-order chi connectivity index (χ0) is 23.0. The van der Waals surface area contributed by atoms with E-state index in [1.807, 2.05) is 0 Å².